The van der Waals surface area contributed by atoms with Crippen LogP contribution in [-0.4, -0.2) is 43.5 Å². The van der Waals surface area contributed by atoms with Crippen molar-refractivity contribution >= 4 is 18.3 Å². The predicted molar refractivity (Wildman–Crippen MR) is 79.4 cm³/mol. The molecule has 1 aliphatic rings. The smallest absolute Gasteiger partial charge is 0.234 e. The molecule has 1 saturated heterocycles. The molecule has 5 heteroatoms. The Morgan fingerprint density at radius 2 is 2.11 bits per heavy atom. The SMILES string of the molecule is CNC1CCN(CC(=O)NCc2ccccc2)C1.Cl. The number of nitrogens with one attached hydrogen (secondary N) is 2. The molecule has 2 rings (SSSR count). The average molecular weight is 284 g/mol. The summed E-state index contributed by atoms with van der Waals surface area (Å²) in [5, 5.41) is 6.21. The van der Waals surface area contributed by atoms with E-state index in [0.29, 0.717) is 19.1 Å². The topological polar surface area (TPSA) is 44.4 Å². The lowest BCUT2D eigenvalue weighted by Crippen LogP contribution is -2.37. The van der Waals surface area contributed by atoms with Crippen LogP contribution in [0.15, 0.2) is 30.3 Å². The summed E-state index contributed by atoms with van der Waals surface area (Å²) in [6, 6.07) is 10.5. The number of halogens is 1. The lowest BCUT2D eigenvalue weighted by Gasteiger charge is -2.15. The second-order valence-electron chi connectivity index (χ2n) is 4.77. The van der Waals surface area contributed by atoms with Crippen LogP contribution >= 0.6 is 12.4 Å². The first-order chi connectivity index (χ1) is 8.78. The maximum Gasteiger partial charge on any atom is 0.234 e. The van der Waals surface area contributed by atoms with Gasteiger partial charge in [-0.1, -0.05) is 30.3 Å². The van der Waals surface area contributed by atoms with Crippen LogP contribution < -0.4 is 10.6 Å². The van der Waals surface area contributed by atoms with Crippen molar-refractivity contribution < 1.29 is 4.79 Å². The highest BCUT2D eigenvalue weighted by Gasteiger charge is 2.22. The van der Waals surface area contributed by atoms with Crippen LogP contribution in [0.2, 0.25) is 0 Å². The first kappa shape index (κ1) is 16.0. The first-order valence-corrected chi connectivity index (χ1v) is 6.48. The highest BCUT2D eigenvalue weighted by molar-refractivity contribution is 5.85. The molecule has 0 bridgehead atoms. The summed E-state index contributed by atoms with van der Waals surface area (Å²) in [4.78, 5) is 14.0. The van der Waals surface area contributed by atoms with Gasteiger partial charge in [0.15, 0.2) is 0 Å². The Morgan fingerprint density at radius 3 is 2.74 bits per heavy atom. The number of likely N-dealkylation sites (N-methyl/N-ethyl adjacent to an activating group) is 1. The normalized spacial score (nSPS) is 18.9. The van der Waals surface area contributed by atoms with Crippen LogP contribution in [0.5, 0.6) is 0 Å². The van der Waals surface area contributed by atoms with Crippen LogP contribution in [0.4, 0.5) is 0 Å². The minimum Gasteiger partial charge on any atom is -0.351 e. The van der Waals surface area contributed by atoms with E-state index in [1.165, 1.54) is 0 Å². The van der Waals surface area contributed by atoms with Crippen molar-refractivity contribution in [3.05, 3.63) is 35.9 Å². The Hall–Kier alpha value is -1.10. The number of hydrogen-bond acceptors (Lipinski definition) is 3. The fraction of sp³-hybridized carbons (Fsp3) is 0.500. The molecule has 0 aromatic heterocycles. The number of rotatable bonds is 5. The zero-order valence-corrected chi connectivity index (χ0v) is 12.1. The number of amides is 1. The van der Waals surface area contributed by atoms with Crippen molar-refractivity contribution in [2.24, 2.45) is 0 Å². The van der Waals surface area contributed by atoms with Gasteiger partial charge in [-0.3, -0.25) is 9.69 Å². The van der Waals surface area contributed by atoms with Crippen molar-refractivity contribution in [2.75, 3.05) is 26.7 Å². The van der Waals surface area contributed by atoms with E-state index in [-0.39, 0.29) is 18.3 Å². The van der Waals surface area contributed by atoms with Crippen LogP contribution in [0.1, 0.15) is 12.0 Å². The van der Waals surface area contributed by atoms with Crippen LogP contribution in [0, 0.1) is 0 Å². The van der Waals surface area contributed by atoms with E-state index in [4.69, 9.17) is 0 Å². The molecule has 1 atom stereocenters. The summed E-state index contributed by atoms with van der Waals surface area (Å²) < 4.78 is 0. The van der Waals surface area contributed by atoms with Gasteiger partial charge in [-0.15, -0.1) is 12.4 Å². The molecule has 0 saturated carbocycles. The van der Waals surface area contributed by atoms with Gasteiger partial charge in [0.2, 0.25) is 5.91 Å². The molecular weight excluding hydrogens is 262 g/mol. The Balaban J connectivity index is 0.00000180. The van der Waals surface area contributed by atoms with E-state index in [2.05, 4.69) is 15.5 Å². The number of nitrogens with zero attached hydrogens (tertiary/aromatic N) is 1. The number of hydrogen-bond donors (Lipinski definition) is 2. The van der Waals surface area contributed by atoms with E-state index < -0.39 is 0 Å². The molecule has 2 N–H and O–H groups in total. The quantitative estimate of drug-likeness (QED) is 0.848. The highest BCUT2D eigenvalue weighted by atomic mass is 35.5. The Morgan fingerprint density at radius 1 is 1.37 bits per heavy atom. The van der Waals surface area contributed by atoms with E-state index >= 15 is 0 Å². The summed E-state index contributed by atoms with van der Waals surface area (Å²) in [5.41, 5.74) is 1.14. The zero-order chi connectivity index (χ0) is 12.8. The minimum absolute atomic E-state index is 0. The van der Waals surface area contributed by atoms with E-state index in [1.807, 2.05) is 37.4 Å². The van der Waals surface area contributed by atoms with Crippen molar-refractivity contribution in [3.8, 4) is 0 Å². The largest absolute Gasteiger partial charge is 0.351 e. The lowest BCUT2D eigenvalue weighted by atomic mass is 10.2. The van der Waals surface area contributed by atoms with Gasteiger partial charge in [0.1, 0.15) is 0 Å². The molecule has 1 unspecified atom stereocenters. The Labute approximate surface area is 121 Å². The van der Waals surface area contributed by atoms with E-state index in [0.717, 1.165) is 25.1 Å². The molecule has 0 aliphatic carbocycles. The van der Waals surface area contributed by atoms with Gasteiger partial charge >= 0.3 is 0 Å². The second kappa shape index (κ2) is 8.15. The summed E-state index contributed by atoms with van der Waals surface area (Å²) in [6.07, 6.45) is 1.13. The molecule has 106 valence electrons. The second-order valence-corrected chi connectivity index (χ2v) is 4.77. The molecule has 19 heavy (non-hydrogen) atoms. The molecule has 1 aromatic rings. The number of benzene rings is 1. The summed E-state index contributed by atoms with van der Waals surface area (Å²) in [7, 11) is 1.98. The third-order valence-electron chi connectivity index (χ3n) is 3.38. The standard InChI is InChI=1S/C14H21N3O.ClH/c1-15-13-7-8-17(10-13)11-14(18)16-9-12-5-3-2-4-6-12;/h2-6,13,15H,7-11H2,1H3,(H,16,18);1H. The fourth-order valence-corrected chi connectivity index (χ4v) is 2.27. The van der Waals surface area contributed by atoms with Crippen LogP contribution in [0.25, 0.3) is 0 Å². The van der Waals surface area contributed by atoms with Crippen molar-refractivity contribution in [1.29, 1.82) is 0 Å². The molecule has 1 aliphatic heterocycles. The summed E-state index contributed by atoms with van der Waals surface area (Å²) >= 11 is 0. The van der Waals surface area contributed by atoms with Gasteiger partial charge in [-0.25, -0.2) is 0 Å². The first-order valence-electron chi connectivity index (χ1n) is 6.48. The molecule has 1 heterocycles. The predicted octanol–water partition coefficient (Wildman–Crippen LogP) is 1.02. The molecule has 0 radical (unpaired) electrons. The third-order valence-corrected chi connectivity index (χ3v) is 3.38. The van der Waals surface area contributed by atoms with Gasteiger partial charge in [-0.2, -0.15) is 0 Å². The number of carbonyl (C=O) groups is 1. The van der Waals surface area contributed by atoms with Crippen molar-refractivity contribution in [3.63, 3.8) is 0 Å². The monoisotopic (exact) mass is 283 g/mol. The van der Waals surface area contributed by atoms with Gasteiger partial charge in [0.25, 0.3) is 0 Å². The Kier molecular flexibility index (Phi) is 6.84. The van der Waals surface area contributed by atoms with Gasteiger partial charge < -0.3 is 10.6 Å². The summed E-state index contributed by atoms with van der Waals surface area (Å²) in [6.45, 7) is 3.09. The van der Waals surface area contributed by atoms with Crippen molar-refractivity contribution in [1.82, 2.24) is 15.5 Å². The third kappa shape index (κ3) is 5.19. The molecule has 4 nitrogen and oxygen atoms in total. The molecule has 1 aromatic carbocycles. The fourth-order valence-electron chi connectivity index (χ4n) is 2.27. The van der Waals surface area contributed by atoms with Crippen LogP contribution in [0.3, 0.4) is 0 Å². The van der Waals surface area contributed by atoms with Gasteiger partial charge in [-0.05, 0) is 19.0 Å². The molecule has 1 fully saturated rings. The van der Waals surface area contributed by atoms with Crippen molar-refractivity contribution in [2.45, 2.75) is 19.0 Å². The maximum atomic E-state index is 11.8. The van der Waals surface area contributed by atoms with Gasteiger partial charge in [0, 0.05) is 25.7 Å². The minimum atomic E-state index is 0. The molecular formula is C14H22ClN3O. The highest BCUT2D eigenvalue weighted by Crippen LogP contribution is 2.07. The molecule has 0 spiro atoms. The van der Waals surface area contributed by atoms with E-state index in [9.17, 15) is 4.79 Å². The lowest BCUT2D eigenvalue weighted by molar-refractivity contribution is -0.122. The molecule has 1 amide bonds. The number of carbonyl (C=O) groups excluding carboxylic acids is 1. The van der Waals surface area contributed by atoms with Gasteiger partial charge in [0.05, 0.1) is 6.54 Å². The maximum absolute atomic E-state index is 11.8. The number of likely N-dealkylation sites (tertiary alicyclic amines) is 1. The van der Waals surface area contributed by atoms with E-state index in [1.54, 1.807) is 0 Å². The summed E-state index contributed by atoms with van der Waals surface area (Å²) in [5.74, 6) is 0.107. The van der Waals surface area contributed by atoms with Crippen LogP contribution in [-0.2, 0) is 11.3 Å². The zero-order valence-electron chi connectivity index (χ0n) is 11.3. The Bertz CT molecular complexity index is 386. The average Bonchev–Trinajstić information content (AvgIpc) is 2.85.